The predicted molar refractivity (Wildman–Crippen MR) is 84.7 cm³/mol. The fourth-order valence-electron chi connectivity index (χ4n) is 3.34. The second-order valence-electron chi connectivity index (χ2n) is 6.47. The first-order valence-electron chi connectivity index (χ1n) is 8.45. The van der Waals surface area contributed by atoms with E-state index in [-0.39, 0.29) is 6.03 Å². The van der Waals surface area contributed by atoms with Gasteiger partial charge in [0.1, 0.15) is 5.82 Å². The molecule has 1 aliphatic carbocycles. The number of rotatable bonds is 5. The van der Waals surface area contributed by atoms with Gasteiger partial charge in [0, 0.05) is 31.7 Å². The molecule has 1 aromatic rings. The minimum absolute atomic E-state index is 0.155. The van der Waals surface area contributed by atoms with Crippen LogP contribution in [0.5, 0.6) is 0 Å². The number of anilines is 1. The highest BCUT2D eigenvalue weighted by atomic mass is 16.5. The Kier molecular flexibility index (Phi) is 5.32. The smallest absolute Gasteiger partial charge is 0.320 e. The molecule has 1 aliphatic heterocycles. The van der Waals surface area contributed by atoms with E-state index in [9.17, 15) is 4.79 Å². The van der Waals surface area contributed by atoms with Crippen molar-refractivity contribution < 1.29 is 9.53 Å². The van der Waals surface area contributed by atoms with Crippen LogP contribution in [0.3, 0.4) is 0 Å². The van der Waals surface area contributed by atoms with Crippen LogP contribution in [0.25, 0.3) is 0 Å². The van der Waals surface area contributed by atoms with Crippen LogP contribution < -0.4 is 10.6 Å². The first kappa shape index (κ1) is 15.3. The minimum Gasteiger partial charge on any atom is -0.381 e. The van der Waals surface area contributed by atoms with Crippen LogP contribution in [0.15, 0.2) is 12.3 Å². The second-order valence-corrected chi connectivity index (χ2v) is 6.47. The third kappa shape index (κ3) is 4.22. The molecule has 0 radical (unpaired) electrons. The number of nitrogens with one attached hydrogen (secondary N) is 2. The maximum absolute atomic E-state index is 12.0. The van der Waals surface area contributed by atoms with E-state index in [0.717, 1.165) is 32.0 Å². The summed E-state index contributed by atoms with van der Waals surface area (Å²) in [6.07, 6.45) is 9.31. The number of hydrogen-bond donors (Lipinski definition) is 2. The van der Waals surface area contributed by atoms with Gasteiger partial charge in [0.05, 0.1) is 12.8 Å². The standard InChI is InChI=1S/C16H26N4O2/c21-16(17-10-14-7-9-22-12-14)19-15-6-8-18-20(15)11-13-4-2-1-3-5-13/h6,8,13-14H,1-5,7,9-12H2,(H2,17,19,21)/t14-/m1/s1. The van der Waals surface area contributed by atoms with Gasteiger partial charge in [-0.2, -0.15) is 5.10 Å². The van der Waals surface area contributed by atoms with Crippen molar-refractivity contribution in [2.75, 3.05) is 25.1 Å². The van der Waals surface area contributed by atoms with Crippen molar-refractivity contribution in [1.29, 1.82) is 0 Å². The molecule has 2 amide bonds. The summed E-state index contributed by atoms with van der Waals surface area (Å²) >= 11 is 0. The van der Waals surface area contributed by atoms with Crippen LogP contribution in [0.1, 0.15) is 38.5 Å². The fraction of sp³-hybridized carbons (Fsp3) is 0.750. The van der Waals surface area contributed by atoms with Crippen molar-refractivity contribution in [2.24, 2.45) is 11.8 Å². The summed E-state index contributed by atoms with van der Waals surface area (Å²) in [6, 6.07) is 1.71. The van der Waals surface area contributed by atoms with E-state index in [0.29, 0.717) is 18.4 Å². The maximum atomic E-state index is 12.0. The average molecular weight is 306 g/mol. The maximum Gasteiger partial charge on any atom is 0.320 e. The number of nitrogens with zero attached hydrogens (tertiary/aromatic N) is 2. The molecule has 1 atom stereocenters. The molecule has 3 rings (SSSR count). The van der Waals surface area contributed by atoms with E-state index in [1.54, 1.807) is 6.20 Å². The average Bonchev–Trinajstić information content (AvgIpc) is 3.19. The van der Waals surface area contributed by atoms with Crippen LogP contribution in [-0.2, 0) is 11.3 Å². The molecule has 22 heavy (non-hydrogen) atoms. The van der Waals surface area contributed by atoms with Crippen LogP contribution in [0.2, 0.25) is 0 Å². The lowest BCUT2D eigenvalue weighted by Gasteiger charge is -2.22. The summed E-state index contributed by atoms with van der Waals surface area (Å²) in [4.78, 5) is 12.0. The second kappa shape index (κ2) is 7.63. The zero-order chi connectivity index (χ0) is 15.2. The molecule has 0 aromatic carbocycles. The zero-order valence-electron chi connectivity index (χ0n) is 13.1. The van der Waals surface area contributed by atoms with Gasteiger partial charge in [-0.25, -0.2) is 9.48 Å². The highest BCUT2D eigenvalue weighted by Gasteiger charge is 2.18. The van der Waals surface area contributed by atoms with Gasteiger partial charge in [-0.1, -0.05) is 19.3 Å². The molecule has 2 heterocycles. The molecule has 122 valence electrons. The molecule has 6 nitrogen and oxygen atoms in total. The van der Waals surface area contributed by atoms with Gasteiger partial charge in [0.25, 0.3) is 0 Å². The first-order chi connectivity index (χ1) is 10.8. The molecule has 2 N–H and O–H groups in total. The van der Waals surface area contributed by atoms with Crippen molar-refractivity contribution >= 4 is 11.8 Å². The van der Waals surface area contributed by atoms with Gasteiger partial charge in [-0.3, -0.25) is 5.32 Å². The lowest BCUT2D eigenvalue weighted by atomic mass is 9.89. The Labute approximate surface area is 131 Å². The summed E-state index contributed by atoms with van der Waals surface area (Å²) in [7, 11) is 0. The number of amides is 2. The van der Waals surface area contributed by atoms with Crippen molar-refractivity contribution in [3.05, 3.63) is 12.3 Å². The number of urea groups is 1. The van der Waals surface area contributed by atoms with Crippen LogP contribution in [0.4, 0.5) is 10.6 Å². The van der Waals surface area contributed by atoms with Crippen LogP contribution >= 0.6 is 0 Å². The number of hydrogen-bond acceptors (Lipinski definition) is 3. The van der Waals surface area contributed by atoms with Gasteiger partial charge < -0.3 is 10.1 Å². The van der Waals surface area contributed by atoms with Crippen molar-refractivity contribution in [1.82, 2.24) is 15.1 Å². The third-order valence-electron chi connectivity index (χ3n) is 4.69. The predicted octanol–water partition coefficient (Wildman–Crippen LogP) is 2.62. The summed E-state index contributed by atoms with van der Waals surface area (Å²) in [5.74, 6) is 1.91. The highest BCUT2D eigenvalue weighted by molar-refractivity contribution is 5.88. The fourth-order valence-corrected chi connectivity index (χ4v) is 3.34. The largest absolute Gasteiger partial charge is 0.381 e. The van der Waals surface area contributed by atoms with E-state index >= 15 is 0 Å². The van der Waals surface area contributed by atoms with E-state index < -0.39 is 0 Å². The Morgan fingerprint density at radius 3 is 2.91 bits per heavy atom. The number of carbonyl (C=O) groups excluding carboxylic acids is 1. The highest BCUT2D eigenvalue weighted by Crippen LogP contribution is 2.25. The monoisotopic (exact) mass is 306 g/mol. The van der Waals surface area contributed by atoms with Gasteiger partial charge in [0.15, 0.2) is 0 Å². The molecular weight excluding hydrogens is 280 g/mol. The Bertz CT molecular complexity index is 476. The quantitative estimate of drug-likeness (QED) is 0.878. The lowest BCUT2D eigenvalue weighted by Crippen LogP contribution is -2.34. The lowest BCUT2D eigenvalue weighted by molar-refractivity contribution is 0.185. The first-order valence-corrected chi connectivity index (χ1v) is 8.45. The summed E-state index contributed by atoms with van der Waals surface area (Å²) in [6.45, 7) is 3.13. The minimum atomic E-state index is -0.155. The number of ether oxygens (including phenoxy) is 1. The third-order valence-corrected chi connectivity index (χ3v) is 4.69. The van der Waals surface area contributed by atoms with Crippen LogP contribution in [0, 0.1) is 11.8 Å². The van der Waals surface area contributed by atoms with Gasteiger partial charge in [-0.15, -0.1) is 0 Å². The molecule has 2 fully saturated rings. The Balaban J connectivity index is 1.47. The molecular formula is C16H26N4O2. The zero-order valence-corrected chi connectivity index (χ0v) is 13.1. The Morgan fingerprint density at radius 2 is 2.14 bits per heavy atom. The topological polar surface area (TPSA) is 68.2 Å². The SMILES string of the molecule is O=C(NC[C@H]1CCOC1)Nc1ccnn1CC1CCCCC1. The molecule has 0 unspecified atom stereocenters. The normalized spacial score (nSPS) is 22.6. The molecule has 0 bridgehead atoms. The molecule has 2 aliphatic rings. The van der Waals surface area contributed by atoms with E-state index in [4.69, 9.17) is 4.74 Å². The molecule has 1 saturated carbocycles. The molecule has 6 heteroatoms. The van der Waals surface area contributed by atoms with Gasteiger partial charge in [0.2, 0.25) is 0 Å². The number of carbonyl (C=O) groups is 1. The van der Waals surface area contributed by atoms with Crippen molar-refractivity contribution in [3.8, 4) is 0 Å². The summed E-state index contributed by atoms with van der Waals surface area (Å²) in [5.41, 5.74) is 0. The molecule has 0 spiro atoms. The van der Waals surface area contributed by atoms with E-state index in [1.165, 1.54) is 32.1 Å². The molecule has 1 aromatic heterocycles. The van der Waals surface area contributed by atoms with Gasteiger partial charge >= 0.3 is 6.03 Å². The van der Waals surface area contributed by atoms with Gasteiger partial charge in [-0.05, 0) is 25.2 Å². The van der Waals surface area contributed by atoms with Crippen molar-refractivity contribution in [2.45, 2.75) is 45.1 Å². The molecule has 1 saturated heterocycles. The summed E-state index contributed by atoms with van der Waals surface area (Å²) in [5, 5.41) is 10.2. The summed E-state index contributed by atoms with van der Waals surface area (Å²) < 4.78 is 7.24. The van der Waals surface area contributed by atoms with Crippen molar-refractivity contribution in [3.63, 3.8) is 0 Å². The Morgan fingerprint density at radius 1 is 1.27 bits per heavy atom. The van der Waals surface area contributed by atoms with Crippen LogP contribution in [-0.4, -0.2) is 35.6 Å². The Hall–Kier alpha value is -1.56. The van der Waals surface area contributed by atoms with E-state index in [2.05, 4.69) is 15.7 Å². The van der Waals surface area contributed by atoms with E-state index in [1.807, 2.05) is 10.7 Å². The number of aromatic nitrogens is 2.